The van der Waals surface area contributed by atoms with Crippen LogP contribution in [0.1, 0.15) is 28.8 Å². The molecule has 0 heterocycles. The van der Waals surface area contributed by atoms with E-state index in [1.807, 2.05) is 0 Å². The molecule has 0 unspecified atom stereocenters. The Morgan fingerprint density at radius 3 is 2.52 bits per heavy atom. The number of sulfone groups is 1. The van der Waals surface area contributed by atoms with Crippen LogP contribution in [-0.2, 0) is 14.6 Å². The number of amides is 1. The Kier molecular flexibility index (Phi) is 4.38. The zero-order chi connectivity index (χ0) is 15.8. The lowest BCUT2D eigenvalue weighted by atomic mass is 10.1. The summed E-state index contributed by atoms with van der Waals surface area (Å²) in [5, 5.41) is 11.6. The first kappa shape index (κ1) is 16.0. The van der Waals surface area contributed by atoms with E-state index in [1.54, 1.807) is 6.92 Å². The smallest absolute Gasteiger partial charge is 0.335 e. The SMILES string of the molecule is Cc1c(Br)cc(C(=O)O)cc1S(=O)(=O)CC(=O)NC1CC1. The van der Waals surface area contributed by atoms with Crippen LogP contribution in [0.15, 0.2) is 21.5 Å². The number of carbonyl (C=O) groups excluding carboxylic acids is 1. The summed E-state index contributed by atoms with van der Waals surface area (Å²) in [4.78, 5) is 22.6. The molecule has 1 aliphatic rings. The standard InChI is InChI=1S/C13H14BrNO5S/c1-7-10(14)4-8(13(17)18)5-11(7)21(19,20)6-12(16)15-9-2-3-9/h4-5,9H,2-3,6H2,1H3,(H,15,16)(H,17,18). The highest BCUT2D eigenvalue weighted by Crippen LogP contribution is 2.27. The van der Waals surface area contributed by atoms with Crippen LogP contribution in [0.4, 0.5) is 0 Å². The molecule has 0 aromatic heterocycles. The maximum atomic E-state index is 12.3. The fraction of sp³-hybridized carbons (Fsp3) is 0.385. The predicted molar refractivity (Wildman–Crippen MR) is 79.1 cm³/mol. The molecule has 0 bridgehead atoms. The highest BCUT2D eigenvalue weighted by molar-refractivity contribution is 9.10. The number of carboxylic acid groups (broad SMARTS) is 1. The van der Waals surface area contributed by atoms with Gasteiger partial charge in [-0.15, -0.1) is 0 Å². The van der Waals surface area contributed by atoms with Crippen molar-refractivity contribution in [3.63, 3.8) is 0 Å². The van der Waals surface area contributed by atoms with E-state index in [4.69, 9.17) is 5.11 Å². The minimum absolute atomic E-state index is 0.0749. The van der Waals surface area contributed by atoms with Crippen molar-refractivity contribution in [3.8, 4) is 0 Å². The summed E-state index contributed by atoms with van der Waals surface area (Å²) in [6, 6.07) is 2.49. The predicted octanol–water partition coefficient (Wildman–Crippen LogP) is 1.51. The number of carboxylic acids is 1. The van der Waals surface area contributed by atoms with Crippen molar-refractivity contribution in [2.75, 3.05) is 5.75 Å². The van der Waals surface area contributed by atoms with Gasteiger partial charge in [-0.2, -0.15) is 0 Å². The molecular formula is C13H14BrNO5S. The third-order valence-electron chi connectivity index (χ3n) is 3.14. The van der Waals surface area contributed by atoms with Crippen molar-refractivity contribution in [2.24, 2.45) is 0 Å². The van der Waals surface area contributed by atoms with Crippen molar-refractivity contribution in [1.29, 1.82) is 0 Å². The molecule has 1 aliphatic carbocycles. The maximum Gasteiger partial charge on any atom is 0.335 e. The Morgan fingerprint density at radius 1 is 1.38 bits per heavy atom. The maximum absolute atomic E-state index is 12.3. The van der Waals surface area contributed by atoms with E-state index in [0.29, 0.717) is 10.0 Å². The van der Waals surface area contributed by atoms with E-state index in [1.165, 1.54) is 6.07 Å². The molecule has 0 spiro atoms. The largest absolute Gasteiger partial charge is 0.478 e. The molecule has 1 saturated carbocycles. The van der Waals surface area contributed by atoms with Crippen molar-refractivity contribution >= 4 is 37.6 Å². The lowest BCUT2D eigenvalue weighted by Gasteiger charge is -2.11. The minimum atomic E-state index is -3.89. The van der Waals surface area contributed by atoms with Crippen LogP contribution >= 0.6 is 15.9 Å². The lowest BCUT2D eigenvalue weighted by Crippen LogP contribution is -2.32. The highest BCUT2D eigenvalue weighted by Gasteiger charge is 2.28. The van der Waals surface area contributed by atoms with Gasteiger partial charge in [-0.1, -0.05) is 15.9 Å². The van der Waals surface area contributed by atoms with E-state index in [-0.39, 0.29) is 16.5 Å². The van der Waals surface area contributed by atoms with Crippen LogP contribution < -0.4 is 5.32 Å². The van der Waals surface area contributed by atoms with Gasteiger partial charge >= 0.3 is 5.97 Å². The molecule has 2 N–H and O–H groups in total. The van der Waals surface area contributed by atoms with Gasteiger partial charge in [-0.3, -0.25) is 4.79 Å². The second kappa shape index (κ2) is 5.76. The normalized spacial score (nSPS) is 14.8. The molecule has 21 heavy (non-hydrogen) atoms. The van der Waals surface area contributed by atoms with Gasteiger partial charge in [0.15, 0.2) is 9.84 Å². The molecule has 0 saturated heterocycles. The van der Waals surface area contributed by atoms with Gasteiger partial charge in [0.25, 0.3) is 0 Å². The van der Waals surface area contributed by atoms with Gasteiger partial charge in [-0.25, -0.2) is 13.2 Å². The summed E-state index contributed by atoms with van der Waals surface area (Å²) < 4.78 is 25.0. The summed E-state index contributed by atoms with van der Waals surface area (Å²) >= 11 is 3.15. The molecule has 0 aliphatic heterocycles. The zero-order valence-electron chi connectivity index (χ0n) is 11.2. The first-order chi connectivity index (χ1) is 9.70. The van der Waals surface area contributed by atoms with Crippen molar-refractivity contribution in [1.82, 2.24) is 5.32 Å². The Morgan fingerprint density at radius 2 is 2.00 bits per heavy atom. The molecule has 1 aromatic carbocycles. The van der Waals surface area contributed by atoms with Crippen LogP contribution in [-0.4, -0.2) is 37.2 Å². The average molecular weight is 376 g/mol. The third kappa shape index (κ3) is 3.82. The number of aromatic carboxylic acids is 1. The molecule has 0 radical (unpaired) electrons. The van der Waals surface area contributed by atoms with Crippen LogP contribution in [0.5, 0.6) is 0 Å². The number of hydrogen-bond donors (Lipinski definition) is 2. The molecule has 1 aromatic rings. The third-order valence-corrected chi connectivity index (χ3v) is 5.70. The van der Waals surface area contributed by atoms with Crippen molar-refractivity contribution in [2.45, 2.75) is 30.7 Å². The lowest BCUT2D eigenvalue weighted by molar-refractivity contribution is -0.118. The second-order valence-corrected chi connectivity index (χ2v) is 7.80. The fourth-order valence-corrected chi connectivity index (χ4v) is 3.91. The van der Waals surface area contributed by atoms with Gasteiger partial charge in [0.2, 0.25) is 5.91 Å². The molecule has 8 heteroatoms. The monoisotopic (exact) mass is 375 g/mol. The summed E-state index contributed by atoms with van der Waals surface area (Å²) in [5.41, 5.74) is 0.243. The summed E-state index contributed by atoms with van der Waals surface area (Å²) in [7, 11) is -3.89. The van der Waals surface area contributed by atoms with E-state index < -0.39 is 27.5 Å². The van der Waals surface area contributed by atoms with Gasteiger partial charge in [0, 0.05) is 10.5 Å². The quantitative estimate of drug-likeness (QED) is 0.811. The molecule has 6 nitrogen and oxygen atoms in total. The topological polar surface area (TPSA) is 101 Å². The molecule has 1 amide bonds. The van der Waals surface area contributed by atoms with Crippen LogP contribution in [0.25, 0.3) is 0 Å². The summed E-state index contributed by atoms with van der Waals surface area (Å²) in [6.45, 7) is 1.56. The molecular weight excluding hydrogens is 362 g/mol. The Balaban J connectivity index is 2.33. The Labute approximate surface area is 130 Å². The van der Waals surface area contributed by atoms with Gasteiger partial charge < -0.3 is 10.4 Å². The van der Waals surface area contributed by atoms with E-state index in [2.05, 4.69) is 21.2 Å². The van der Waals surface area contributed by atoms with E-state index in [9.17, 15) is 18.0 Å². The highest BCUT2D eigenvalue weighted by atomic mass is 79.9. The van der Waals surface area contributed by atoms with Gasteiger partial charge in [-0.05, 0) is 37.5 Å². The van der Waals surface area contributed by atoms with Crippen molar-refractivity contribution < 1.29 is 23.1 Å². The van der Waals surface area contributed by atoms with Crippen molar-refractivity contribution in [3.05, 3.63) is 27.7 Å². The molecule has 0 atom stereocenters. The number of carbonyl (C=O) groups is 2. The number of rotatable bonds is 5. The van der Waals surface area contributed by atoms with Gasteiger partial charge in [0.05, 0.1) is 10.5 Å². The Bertz CT molecular complexity index is 710. The van der Waals surface area contributed by atoms with Crippen LogP contribution in [0.3, 0.4) is 0 Å². The summed E-state index contributed by atoms with van der Waals surface area (Å²) in [6.07, 6.45) is 1.73. The molecule has 1 fully saturated rings. The van der Waals surface area contributed by atoms with Crippen LogP contribution in [0.2, 0.25) is 0 Å². The zero-order valence-corrected chi connectivity index (χ0v) is 13.6. The average Bonchev–Trinajstić information content (AvgIpc) is 3.14. The minimum Gasteiger partial charge on any atom is -0.478 e. The number of halogens is 1. The first-order valence-corrected chi connectivity index (χ1v) is 8.71. The summed E-state index contributed by atoms with van der Waals surface area (Å²) in [5.74, 6) is -2.47. The second-order valence-electron chi connectivity index (χ2n) is 4.99. The van der Waals surface area contributed by atoms with E-state index >= 15 is 0 Å². The number of nitrogens with one attached hydrogen (secondary N) is 1. The molecule has 114 valence electrons. The number of hydrogen-bond acceptors (Lipinski definition) is 4. The van der Waals surface area contributed by atoms with Crippen LogP contribution in [0, 0.1) is 6.92 Å². The first-order valence-electron chi connectivity index (χ1n) is 6.26. The fourth-order valence-electron chi connectivity index (χ4n) is 1.85. The Hall–Kier alpha value is -1.41. The van der Waals surface area contributed by atoms with E-state index in [0.717, 1.165) is 18.9 Å². The molecule has 2 rings (SSSR count). The number of benzene rings is 1. The van der Waals surface area contributed by atoms with Gasteiger partial charge in [0.1, 0.15) is 5.75 Å².